The highest BCUT2D eigenvalue weighted by Crippen LogP contribution is 2.18. The molecular formula is C15H18N4O2. The highest BCUT2D eigenvalue weighted by atomic mass is 16.2. The van der Waals surface area contributed by atoms with Gasteiger partial charge in [0.2, 0.25) is 11.8 Å². The summed E-state index contributed by atoms with van der Waals surface area (Å²) in [5, 5.41) is 11.2. The highest BCUT2D eigenvalue weighted by Gasteiger charge is 2.26. The smallest absolute Gasteiger partial charge is 0.243 e. The van der Waals surface area contributed by atoms with Crippen LogP contribution in [-0.2, 0) is 22.7 Å². The van der Waals surface area contributed by atoms with Gasteiger partial charge in [0, 0.05) is 24.9 Å². The molecule has 2 heterocycles. The Morgan fingerprint density at radius 3 is 2.95 bits per heavy atom. The molecule has 2 aromatic rings. The van der Waals surface area contributed by atoms with Crippen molar-refractivity contribution in [3.63, 3.8) is 0 Å². The summed E-state index contributed by atoms with van der Waals surface area (Å²) in [6.07, 6.45) is 0.921. The number of hydrogen-bond donors (Lipinski definition) is 2. The third kappa shape index (κ3) is 2.67. The fourth-order valence-electron chi connectivity index (χ4n) is 2.68. The van der Waals surface area contributed by atoms with Gasteiger partial charge in [-0.25, -0.2) is 0 Å². The van der Waals surface area contributed by atoms with E-state index in [-0.39, 0.29) is 17.9 Å². The van der Waals surface area contributed by atoms with Crippen molar-refractivity contribution in [2.75, 3.05) is 0 Å². The van der Waals surface area contributed by atoms with Gasteiger partial charge >= 0.3 is 0 Å². The number of amides is 2. The Kier molecular flexibility index (Phi) is 3.70. The predicted molar refractivity (Wildman–Crippen MR) is 78.4 cm³/mol. The first kappa shape index (κ1) is 13.8. The van der Waals surface area contributed by atoms with Gasteiger partial charge in [-0.05, 0) is 19.4 Å². The van der Waals surface area contributed by atoms with Gasteiger partial charge in [-0.1, -0.05) is 18.2 Å². The van der Waals surface area contributed by atoms with E-state index in [4.69, 9.17) is 0 Å². The zero-order chi connectivity index (χ0) is 14.8. The number of piperidine rings is 1. The lowest BCUT2D eigenvalue weighted by Crippen LogP contribution is -2.50. The standard InChI is InChI=1S/C15H18N4O2/c1-2-19-13-6-4-3-5-10(13)12(18-19)9-16-11-7-8-14(20)17-15(11)21/h3-6,11,16H,2,7-9H2,1H3,(H,17,20,21). The van der Waals surface area contributed by atoms with E-state index in [0.29, 0.717) is 19.4 Å². The summed E-state index contributed by atoms with van der Waals surface area (Å²) in [6, 6.07) is 7.73. The Labute approximate surface area is 122 Å². The number of para-hydroxylation sites is 1. The van der Waals surface area contributed by atoms with Crippen molar-refractivity contribution in [1.29, 1.82) is 0 Å². The molecule has 0 spiro atoms. The molecule has 2 amide bonds. The van der Waals surface area contributed by atoms with Crippen molar-refractivity contribution in [2.45, 2.75) is 38.9 Å². The minimum Gasteiger partial charge on any atom is -0.300 e. The van der Waals surface area contributed by atoms with Gasteiger partial charge < -0.3 is 5.32 Å². The minimum atomic E-state index is -0.326. The van der Waals surface area contributed by atoms with Crippen LogP contribution in [0.5, 0.6) is 0 Å². The van der Waals surface area contributed by atoms with E-state index in [1.807, 2.05) is 28.9 Å². The van der Waals surface area contributed by atoms with Crippen LogP contribution >= 0.6 is 0 Å². The summed E-state index contributed by atoms with van der Waals surface area (Å²) in [6.45, 7) is 3.37. The Bertz CT molecular complexity index is 692. The molecule has 1 saturated heterocycles. The predicted octanol–water partition coefficient (Wildman–Crippen LogP) is 0.951. The summed E-state index contributed by atoms with van der Waals surface area (Å²) in [7, 11) is 0. The third-order valence-corrected chi connectivity index (χ3v) is 3.79. The second kappa shape index (κ2) is 5.65. The monoisotopic (exact) mass is 286 g/mol. The number of hydrogen-bond acceptors (Lipinski definition) is 4. The van der Waals surface area contributed by atoms with Crippen molar-refractivity contribution in [3.8, 4) is 0 Å². The molecule has 1 aliphatic heterocycles. The molecule has 1 aromatic carbocycles. The van der Waals surface area contributed by atoms with Gasteiger partial charge in [0.05, 0.1) is 17.3 Å². The van der Waals surface area contributed by atoms with Crippen molar-refractivity contribution >= 4 is 22.7 Å². The van der Waals surface area contributed by atoms with Gasteiger partial charge in [0.25, 0.3) is 0 Å². The summed E-state index contributed by atoms with van der Waals surface area (Å²) >= 11 is 0. The molecule has 1 aliphatic rings. The number of benzene rings is 1. The number of carbonyl (C=O) groups is 2. The molecule has 3 rings (SSSR count). The average Bonchev–Trinajstić information content (AvgIpc) is 2.85. The van der Waals surface area contributed by atoms with Crippen molar-refractivity contribution < 1.29 is 9.59 Å². The van der Waals surface area contributed by atoms with E-state index in [1.54, 1.807) is 0 Å². The van der Waals surface area contributed by atoms with Crippen molar-refractivity contribution in [3.05, 3.63) is 30.0 Å². The number of aromatic nitrogens is 2. The number of imide groups is 1. The Balaban J connectivity index is 1.76. The fourth-order valence-corrected chi connectivity index (χ4v) is 2.68. The number of nitrogens with one attached hydrogen (secondary N) is 2. The molecule has 1 atom stereocenters. The maximum absolute atomic E-state index is 11.7. The molecule has 6 nitrogen and oxygen atoms in total. The van der Waals surface area contributed by atoms with E-state index < -0.39 is 0 Å². The van der Waals surface area contributed by atoms with Crippen LogP contribution in [0.3, 0.4) is 0 Å². The average molecular weight is 286 g/mol. The molecule has 2 N–H and O–H groups in total. The van der Waals surface area contributed by atoms with E-state index in [0.717, 1.165) is 23.1 Å². The second-order valence-electron chi connectivity index (χ2n) is 5.16. The van der Waals surface area contributed by atoms with E-state index in [2.05, 4.69) is 22.7 Å². The topological polar surface area (TPSA) is 76.0 Å². The Morgan fingerprint density at radius 1 is 1.38 bits per heavy atom. The molecule has 6 heteroatoms. The van der Waals surface area contributed by atoms with Gasteiger partial charge in [-0.3, -0.25) is 19.6 Å². The van der Waals surface area contributed by atoms with Gasteiger partial charge in [0.15, 0.2) is 0 Å². The maximum Gasteiger partial charge on any atom is 0.243 e. The number of rotatable bonds is 4. The largest absolute Gasteiger partial charge is 0.300 e. The number of nitrogens with zero attached hydrogens (tertiary/aromatic N) is 2. The first-order valence-electron chi connectivity index (χ1n) is 7.20. The number of aryl methyl sites for hydroxylation is 1. The van der Waals surface area contributed by atoms with Crippen LogP contribution in [0.15, 0.2) is 24.3 Å². The highest BCUT2D eigenvalue weighted by molar-refractivity contribution is 6.00. The molecule has 1 aromatic heterocycles. The normalized spacial score (nSPS) is 19.0. The van der Waals surface area contributed by atoms with Crippen LogP contribution in [0.25, 0.3) is 10.9 Å². The van der Waals surface area contributed by atoms with E-state index in [9.17, 15) is 9.59 Å². The van der Waals surface area contributed by atoms with Crippen LogP contribution in [0.2, 0.25) is 0 Å². The maximum atomic E-state index is 11.7. The zero-order valence-electron chi connectivity index (χ0n) is 11.9. The quantitative estimate of drug-likeness (QED) is 0.821. The first-order valence-corrected chi connectivity index (χ1v) is 7.20. The van der Waals surface area contributed by atoms with E-state index >= 15 is 0 Å². The van der Waals surface area contributed by atoms with Crippen LogP contribution in [0, 0.1) is 0 Å². The van der Waals surface area contributed by atoms with Crippen molar-refractivity contribution in [2.24, 2.45) is 0 Å². The van der Waals surface area contributed by atoms with Crippen LogP contribution in [0.1, 0.15) is 25.5 Å². The summed E-state index contributed by atoms with van der Waals surface area (Å²) in [4.78, 5) is 22.9. The minimum absolute atomic E-state index is 0.196. The third-order valence-electron chi connectivity index (χ3n) is 3.79. The lowest BCUT2D eigenvalue weighted by Gasteiger charge is -2.21. The van der Waals surface area contributed by atoms with E-state index in [1.165, 1.54) is 0 Å². The first-order chi connectivity index (χ1) is 10.2. The van der Waals surface area contributed by atoms with Gasteiger partial charge in [0.1, 0.15) is 0 Å². The van der Waals surface area contributed by atoms with Crippen LogP contribution in [0.4, 0.5) is 0 Å². The van der Waals surface area contributed by atoms with Crippen LogP contribution < -0.4 is 10.6 Å². The molecule has 0 aliphatic carbocycles. The fraction of sp³-hybridized carbons (Fsp3) is 0.400. The number of carbonyl (C=O) groups excluding carboxylic acids is 2. The SMILES string of the molecule is CCn1nc(CNC2CCC(=O)NC2=O)c2ccccc21. The molecule has 110 valence electrons. The Hall–Kier alpha value is -2.21. The lowest BCUT2D eigenvalue weighted by atomic mass is 10.1. The lowest BCUT2D eigenvalue weighted by molar-refractivity contribution is -0.134. The molecule has 0 radical (unpaired) electrons. The number of fused-ring (bicyclic) bond motifs is 1. The molecular weight excluding hydrogens is 268 g/mol. The summed E-state index contributed by atoms with van der Waals surface area (Å²) < 4.78 is 1.96. The zero-order valence-corrected chi connectivity index (χ0v) is 11.9. The molecule has 21 heavy (non-hydrogen) atoms. The van der Waals surface area contributed by atoms with Gasteiger partial charge in [-0.2, -0.15) is 5.10 Å². The molecule has 0 saturated carbocycles. The van der Waals surface area contributed by atoms with Crippen molar-refractivity contribution in [1.82, 2.24) is 20.4 Å². The van der Waals surface area contributed by atoms with Gasteiger partial charge in [-0.15, -0.1) is 0 Å². The van der Waals surface area contributed by atoms with Crippen LogP contribution in [-0.4, -0.2) is 27.6 Å². The summed E-state index contributed by atoms with van der Waals surface area (Å²) in [5.74, 6) is -0.441. The molecule has 0 bridgehead atoms. The second-order valence-corrected chi connectivity index (χ2v) is 5.16. The molecule has 1 unspecified atom stereocenters. The molecule has 1 fully saturated rings. The Morgan fingerprint density at radius 2 is 2.19 bits per heavy atom. The summed E-state index contributed by atoms with van der Waals surface area (Å²) in [5.41, 5.74) is 2.03.